The van der Waals surface area contributed by atoms with Crippen LogP contribution in [-0.2, 0) is 18.4 Å². The molecule has 0 radical (unpaired) electrons. The lowest BCUT2D eigenvalue weighted by atomic mass is 10.0. The number of phosphoric ester groups is 1. The zero-order valence-corrected chi connectivity index (χ0v) is 48.4. The van der Waals surface area contributed by atoms with Crippen LogP contribution >= 0.6 is 7.82 Å². The van der Waals surface area contributed by atoms with Crippen molar-refractivity contribution in [3.05, 3.63) is 60.8 Å². The summed E-state index contributed by atoms with van der Waals surface area (Å²) in [7, 11) is 1.55. The number of aliphatic hydroxyl groups excluding tert-OH is 1. The van der Waals surface area contributed by atoms with Gasteiger partial charge in [0.25, 0.3) is 0 Å². The molecule has 0 saturated carbocycles. The van der Waals surface area contributed by atoms with Crippen LogP contribution in [0.15, 0.2) is 60.8 Å². The van der Waals surface area contributed by atoms with Crippen LogP contribution in [0.3, 0.4) is 0 Å². The van der Waals surface area contributed by atoms with Crippen molar-refractivity contribution in [1.29, 1.82) is 0 Å². The van der Waals surface area contributed by atoms with Gasteiger partial charge in [0, 0.05) is 6.42 Å². The number of allylic oxidation sites excluding steroid dienone is 9. The molecule has 0 saturated heterocycles. The topological polar surface area (TPSA) is 105 Å². The van der Waals surface area contributed by atoms with Crippen molar-refractivity contribution in [3.8, 4) is 0 Å². The molecule has 3 atom stereocenters. The van der Waals surface area contributed by atoms with E-state index in [2.05, 4.69) is 67.8 Å². The van der Waals surface area contributed by atoms with Crippen LogP contribution in [0.5, 0.6) is 0 Å². The summed E-state index contributed by atoms with van der Waals surface area (Å²) in [5, 5.41) is 13.8. The van der Waals surface area contributed by atoms with E-state index in [0.717, 1.165) is 57.8 Å². The predicted octanol–water partition coefficient (Wildman–Crippen LogP) is 18.5. The molecule has 0 fully saturated rings. The molecule has 0 spiro atoms. The number of quaternary nitrogens is 1. The van der Waals surface area contributed by atoms with Gasteiger partial charge in [0.15, 0.2) is 0 Å². The summed E-state index contributed by atoms with van der Waals surface area (Å²) in [6.07, 6.45) is 72.2. The minimum atomic E-state index is -4.35. The maximum atomic E-state index is 12.9. The second kappa shape index (κ2) is 53.0. The highest BCUT2D eigenvalue weighted by atomic mass is 31.2. The Morgan fingerprint density at radius 3 is 1.25 bits per heavy atom. The number of nitrogens with zero attached hydrogens (tertiary/aromatic N) is 1. The second-order valence-corrected chi connectivity index (χ2v) is 23.2. The number of phosphoric acid groups is 1. The molecule has 0 aromatic rings. The second-order valence-electron chi connectivity index (χ2n) is 21.7. The molecule has 71 heavy (non-hydrogen) atoms. The molecule has 3 unspecified atom stereocenters. The Balaban J connectivity index is 3.91. The van der Waals surface area contributed by atoms with E-state index in [-0.39, 0.29) is 19.1 Å². The Hall–Kier alpha value is -1.80. The van der Waals surface area contributed by atoms with E-state index < -0.39 is 20.0 Å². The van der Waals surface area contributed by atoms with Crippen molar-refractivity contribution in [2.75, 3.05) is 40.9 Å². The molecular formula is C62H118N2O6P+. The van der Waals surface area contributed by atoms with Crippen LogP contribution in [0, 0.1) is 0 Å². The zero-order chi connectivity index (χ0) is 52.0. The van der Waals surface area contributed by atoms with Gasteiger partial charge in [0.1, 0.15) is 13.2 Å². The van der Waals surface area contributed by atoms with Gasteiger partial charge in [0.2, 0.25) is 5.91 Å². The predicted molar refractivity (Wildman–Crippen MR) is 309 cm³/mol. The fourth-order valence-corrected chi connectivity index (χ4v) is 9.42. The minimum absolute atomic E-state index is 0.0534. The summed E-state index contributed by atoms with van der Waals surface area (Å²) in [6, 6.07) is -0.868. The molecule has 9 heteroatoms. The first-order chi connectivity index (χ1) is 34.5. The van der Waals surface area contributed by atoms with Crippen LogP contribution in [-0.4, -0.2) is 73.4 Å². The van der Waals surface area contributed by atoms with Crippen LogP contribution < -0.4 is 5.32 Å². The summed E-state index contributed by atoms with van der Waals surface area (Å²) < 4.78 is 23.6. The molecule has 0 aromatic heterocycles. The lowest BCUT2D eigenvalue weighted by Crippen LogP contribution is -2.45. The van der Waals surface area contributed by atoms with Crippen LogP contribution in [0.1, 0.15) is 277 Å². The van der Waals surface area contributed by atoms with Crippen LogP contribution in [0.25, 0.3) is 0 Å². The first-order valence-electron chi connectivity index (χ1n) is 30.2. The van der Waals surface area contributed by atoms with E-state index in [1.807, 2.05) is 27.2 Å². The van der Waals surface area contributed by atoms with Gasteiger partial charge in [-0.15, -0.1) is 0 Å². The summed E-state index contributed by atoms with van der Waals surface area (Å²) in [6.45, 7) is 4.74. The van der Waals surface area contributed by atoms with Crippen LogP contribution in [0.4, 0.5) is 0 Å². The highest BCUT2D eigenvalue weighted by Crippen LogP contribution is 2.43. The van der Waals surface area contributed by atoms with E-state index in [1.165, 1.54) is 199 Å². The molecule has 0 rings (SSSR count). The molecule has 1 amide bonds. The molecule has 0 aromatic carbocycles. The van der Waals surface area contributed by atoms with E-state index in [1.54, 1.807) is 6.08 Å². The summed E-state index contributed by atoms with van der Waals surface area (Å²) in [5.74, 6) is -0.189. The average Bonchev–Trinajstić information content (AvgIpc) is 3.33. The Labute approximate surface area is 441 Å². The van der Waals surface area contributed by atoms with E-state index >= 15 is 0 Å². The minimum Gasteiger partial charge on any atom is -0.387 e. The normalized spacial score (nSPS) is 14.3. The number of carbonyl (C=O) groups is 1. The first kappa shape index (κ1) is 69.2. The number of amides is 1. The largest absolute Gasteiger partial charge is 0.472 e. The third-order valence-corrected chi connectivity index (χ3v) is 14.4. The van der Waals surface area contributed by atoms with Crippen molar-refractivity contribution >= 4 is 13.7 Å². The van der Waals surface area contributed by atoms with Gasteiger partial charge in [0.05, 0.1) is 39.9 Å². The molecule has 0 bridgehead atoms. The number of nitrogens with one attached hydrogen (secondary N) is 1. The Morgan fingerprint density at radius 2 is 0.831 bits per heavy atom. The molecule has 0 aliphatic carbocycles. The van der Waals surface area contributed by atoms with Crippen molar-refractivity contribution in [3.63, 3.8) is 0 Å². The monoisotopic (exact) mass is 1020 g/mol. The lowest BCUT2D eigenvalue weighted by Gasteiger charge is -2.25. The van der Waals surface area contributed by atoms with Gasteiger partial charge in [-0.2, -0.15) is 0 Å². The van der Waals surface area contributed by atoms with E-state index in [0.29, 0.717) is 17.4 Å². The fraction of sp³-hybridized carbons (Fsp3) is 0.823. The summed E-state index contributed by atoms with van der Waals surface area (Å²) in [5.41, 5.74) is 0. The molecule has 0 aliphatic rings. The summed E-state index contributed by atoms with van der Waals surface area (Å²) >= 11 is 0. The number of carbonyl (C=O) groups excluding carboxylic acids is 1. The van der Waals surface area contributed by atoms with Gasteiger partial charge >= 0.3 is 7.82 Å². The Kier molecular flexibility index (Phi) is 51.7. The van der Waals surface area contributed by atoms with Gasteiger partial charge in [-0.1, -0.05) is 261 Å². The van der Waals surface area contributed by atoms with E-state index in [4.69, 9.17) is 9.05 Å². The van der Waals surface area contributed by atoms with Gasteiger partial charge in [-0.3, -0.25) is 13.8 Å². The number of aliphatic hydroxyl groups is 1. The average molecular weight is 1020 g/mol. The molecule has 8 nitrogen and oxygen atoms in total. The molecular weight excluding hydrogens is 900 g/mol. The molecule has 3 N–H and O–H groups in total. The number of hydrogen-bond acceptors (Lipinski definition) is 5. The third kappa shape index (κ3) is 55.8. The third-order valence-electron chi connectivity index (χ3n) is 13.4. The van der Waals surface area contributed by atoms with Gasteiger partial charge in [-0.05, 0) is 70.6 Å². The molecule has 416 valence electrons. The Morgan fingerprint density at radius 1 is 0.479 bits per heavy atom. The maximum absolute atomic E-state index is 12.9. The highest BCUT2D eigenvalue weighted by molar-refractivity contribution is 7.47. The van der Waals surface area contributed by atoms with Crippen molar-refractivity contribution in [1.82, 2.24) is 5.32 Å². The Bertz CT molecular complexity index is 1340. The van der Waals surface area contributed by atoms with Crippen molar-refractivity contribution in [2.24, 2.45) is 0 Å². The summed E-state index contributed by atoms with van der Waals surface area (Å²) in [4.78, 5) is 23.2. The lowest BCUT2D eigenvalue weighted by molar-refractivity contribution is -0.870. The standard InChI is InChI=1S/C62H117N2O6P/c1-6-8-10-12-14-16-18-20-21-22-23-24-25-26-27-28-29-30-31-32-33-34-35-36-37-38-39-40-41-42-43-44-46-48-50-52-54-56-62(66)63-60(59-70-71(67,68)69-58-57-64(3,4)5)61(65)55-53-51-49-47-45-19-17-15-13-11-9-7-2/h13,15,18,20,22-23,45,47,53,55,60-61,65H,6-12,14,16-17,19,21,24-44,46,48-52,54,56-59H2,1-5H3,(H-,63,66,67,68)/p+1/b15-13+,20-18-,23-22-,47-45+,55-53+. The SMILES string of the molecule is CCCC/C=C/CC/C=C/CC/C=C/C(O)C(COP(=O)(O)OCC[N+](C)(C)C)NC(=O)CCCCCCCCCCCCCCCCCCCCCCCCCCC/C=C\C/C=C\CCCCCCC. The van der Waals surface area contributed by atoms with Gasteiger partial charge < -0.3 is 19.8 Å². The van der Waals surface area contributed by atoms with E-state index in [9.17, 15) is 19.4 Å². The maximum Gasteiger partial charge on any atom is 0.472 e. The fourth-order valence-electron chi connectivity index (χ4n) is 8.68. The first-order valence-corrected chi connectivity index (χ1v) is 31.7. The molecule has 0 aliphatic heterocycles. The highest BCUT2D eigenvalue weighted by Gasteiger charge is 2.27. The molecule has 0 heterocycles. The smallest absolute Gasteiger partial charge is 0.387 e. The van der Waals surface area contributed by atoms with Crippen molar-refractivity contribution in [2.45, 2.75) is 289 Å². The number of rotatable bonds is 55. The van der Waals surface area contributed by atoms with Crippen LogP contribution in [0.2, 0.25) is 0 Å². The number of unbranched alkanes of at least 4 members (excludes halogenated alkanes) is 34. The number of hydrogen-bond donors (Lipinski definition) is 3. The quantitative estimate of drug-likeness (QED) is 0.0243. The van der Waals surface area contributed by atoms with Crippen molar-refractivity contribution < 1.29 is 32.9 Å². The number of likely N-dealkylation sites (N-methyl/N-ethyl adjacent to an activating group) is 1. The zero-order valence-electron chi connectivity index (χ0n) is 47.5. The van der Waals surface area contributed by atoms with Gasteiger partial charge in [-0.25, -0.2) is 4.57 Å².